The molecule has 5 heteroatoms. The van der Waals surface area contributed by atoms with Crippen molar-refractivity contribution < 1.29 is 14.3 Å². The van der Waals surface area contributed by atoms with E-state index in [1.54, 1.807) is 30.5 Å². The molecule has 0 aliphatic heterocycles. The second-order valence-electron chi connectivity index (χ2n) is 4.35. The Bertz CT molecular complexity index is 756. The molecule has 100 valence electrons. The molecular formula is C15H11NO3S. The van der Waals surface area contributed by atoms with Crippen molar-refractivity contribution in [1.29, 1.82) is 0 Å². The first kappa shape index (κ1) is 12.6. The number of furan rings is 1. The zero-order chi connectivity index (χ0) is 14.1. The van der Waals surface area contributed by atoms with Gasteiger partial charge in [0, 0.05) is 10.9 Å². The fourth-order valence-corrected chi connectivity index (χ4v) is 2.77. The van der Waals surface area contributed by atoms with Crippen LogP contribution in [0, 0.1) is 6.92 Å². The quantitative estimate of drug-likeness (QED) is 0.787. The minimum absolute atomic E-state index is 0.270. The number of benzene rings is 1. The van der Waals surface area contributed by atoms with Crippen molar-refractivity contribution in [3.8, 4) is 22.0 Å². The molecule has 2 aromatic heterocycles. The van der Waals surface area contributed by atoms with Gasteiger partial charge in [-0.15, -0.1) is 11.3 Å². The maximum atomic E-state index is 10.8. The second kappa shape index (κ2) is 4.94. The van der Waals surface area contributed by atoms with Crippen LogP contribution in [0.2, 0.25) is 0 Å². The molecule has 0 saturated carbocycles. The Morgan fingerprint density at radius 1 is 1.25 bits per heavy atom. The molecule has 20 heavy (non-hydrogen) atoms. The number of thiazole rings is 1. The van der Waals surface area contributed by atoms with E-state index in [4.69, 9.17) is 9.52 Å². The first-order chi connectivity index (χ1) is 9.65. The predicted octanol–water partition coefficient (Wildman–Crippen LogP) is 4.08. The third kappa shape index (κ3) is 2.23. The summed E-state index contributed by atoms with van der Waals surface area (Å²) in [6, 6.07) is 8.58. The molecule has 0 atom stereocenters. The van der Waals surface area contributed by atoms with Gasteiger partial charge in [-0.3, -0.25) is 0 Å². The number of nitrogens with zero attached hydrogens (tertiary/aromatic N) is 1. The van der Waals surface area contributed by atoms with Crippen LogP contribution in [0.15, 0.2) is 46.4 Å². The van der Waals surface area contributed by atoms with Crippen molar-refractivity contribution in [2.75, 3.05) is 0 Å². The summed E-state index contributed by atoms with van der Waals surface area (Å²) in [5, 5.41) is 11.6. The molecular weight excluding hydrogens is 274 g/mol. The number of rotatable bonds is 3. The molecule has 1 aromatic carbocycles. The van der Waals surface area contributed by atoms with Crippen LogP contribution in [0.4, 0.5) is 0 Å². The molecule has 0 aliphatic carbocycles. The van der Waals surface area contributed by atoms with Crippen LogP contribution < -0.4 is 0 Å². The summed E-state index contributed by atoms with van der Waals surface area (Å²) in [5.74, 6) is -0.148. The zero-order valence-corrected chi connectivity index (χ0v) is 11.5. The predicted molar refractivity (Wildman–Crippen MR) is 76.9 cm³/mol. The highest BCUT2D eigenvalue weighted by molar-refractivity contribution is 7.13. The van der Waals surface area contributed by atoms with Gasteiger partial charge >= 0.3 is 5.97 Å². The summed E-state index contributed by atoms with van der Waals surface area (Å²) in [6.45, 7) is 1.97. The summed E-state index contributed by atoms with van der Waals surface area (Å²) in [6.07, 6.45) is 1.65. The third-order valence-electron chi connectivity index (χ3n) is 2.99. The highest BCUT2D eigenvalue weighted by Gasteiger charge is 2.12. The van der Waals surface area contributed by atoms with E-state index in [2.05, 4.69) is 4.98 Å². The summed E-state index contributed by atoms with van der Waals surface area (Å²) < 4.78 is 5.42. The zero-order valence-electron chi connectivity index (χ0n) is 10.7. The van der Waals surface area contributed by atoms with Crippen LogP contribution in [-0.4, -0.2) is 16.1 Å². The molecule has 0 radical (unpaired) electrons. The molecule has 1 N–H and O–H groups in total. The molecule has 0 fully saturated rings. The molecule has 0 unspecified atom stereocenters. The highest BCUT2D eigenvalue weighted by atomic mass is 32.1. The van der Waals surface area contributed by atoms with E-state index in [1.807, 2.05) is 18.4 Å². The smallest absolute Gasteiger partial charge is 0.335 e. The fourth-order valence-electron chi connectivity index (χ4n) is 1.89. The van der Waals surface area contributed by atoms with Gasteiger partial charge in [-0.1, -0.05) is 12.1 Å². The first-order valence-electron chi connectivity index (χ1n) is 5.99. The number of carbonyl (C=O) groups is 1. The van der Waals surface area contributed by atoms with E-state index in [-0.39, 0.29) is 5.56 Å². The van der Waals surface area contributed by atoms with Gasteiger partial charge in [0.05, 0.1) is 17.5 Å². The number of aromatic nitrogens is 1. The summed E-state index contributed by atoms with van der Waals surface area (Å²) in [4.78, 5) is 15.4. The molecule has 3 aromatic rings. The SMILES string of the molecule is Cc1ccoc1-c1nc(-c2ccc(C(=O)O)cc2)cs1. The monoisotopic (exact) mass is 285 g/mol. The Labute approximate surface area is 119 Å². The number of aryl methyl sites for hydroxylation is 1. The van der Waals surface area contributed by atoms with Gasteiger partial charge in [-0.25, -0.2) is 9.78 Å². The minimum atomic E-state index is -0.929. The van der Waals surface area contributed by atoms with Crippen LogP contribution in [0.1, 0.15) is 15.9 Å². The van der Waals surface area contributed by atoms with Gasteiger partial charge < -0.3 is 9.52 Å². The van der Waals surface area contributed by atoms with E-state index >= 15 is 0 Å². The average molecular weight is 285 g/mol. The number of aromatic carboxylic acids is 1. The lowest BCUT2D eigenvalue weighted by atomic mass is 10.1. The first-order valence-corrected chi connectivity index (χ1v) is 6.87. The molecule has 0 aliphatic rings. The van der Waals surface area contributed by atoms with Crippen LogP contribution in [0.25, 0.3) is 22.0 Å². The lowest BCUT2D eigenvalue weighted by molar-refractivity contribution is 0.0697. The maximum absolute atomic E-state index is 10.8. The Hall–Kier alpha value is -2.40. The summed E-state index contributed by atoms with van der Waals surface area (Å²) >= 11 is 1.51. The van der Waals surface area contributed by atoms with E-state index < -0.39 is 5.97 Å². The molecule has 3 rings (SSSR count). The summed E-state index contributed by atoms with van der Waals surface area (Å²) in [7, 11) is 0. The van der Waals surface area contributed by atoms with Gasteiger partial charge in [0.25, 0.3) is 0 Å². The van der Waals surface area contributed by atoms with Crippen molar-refractivity contribution in [3.63, 3.8) is 0 Å². The average Bonchev–Trinajstić information content (AvgIpc) is 3.07. The van der Waals surface area contributed by atoms with E-state index in [1.165, 1.54) is 11.3 Å². The van der Waals surface area contributed by atoms with Gasteiger partial charge in [-0.2, -0.15) is 0 Å². The van der Waals surface area contributed by atoms with Crippen molar-refractivity contribution in [1.82, 2.24) is 4.98 Å². The second-order valence-corrected chi connectivity index (χ2v) is 5.21. The normalized spacial score (nSPS) is 10.7. The van der Waals surface area contributed by atoms with Crippen LogP contribution in [-0.2, 0) is 0 Å². The Balaban J connectivity index is 1.94. The van der Waals surface area contributed by atoms with Gasteiger partial charge in [0.15, 0.2) is 10.8 Å². The van der Waals surface area contributed by atoms with Crippen molar-refractivity contribution in [2.24, 2.45) is 0 Å². The third-order valence-corrected chi connectivity index (χ3v) is 3.83. The van der Waals surface area contributed by atoms with Gasteiger partial charge in [-0.05, 0) is 30.7 Å². The number of carboxylic acid groups (broad SMARTS) is 1. The molecule has 0 amide bonds. The number of hydrogen-bond donors (Lipinski definition) is 1. The fraction of sp³-hybridized carbons (Fsp3) is 0.0667. The van der Waals surface area contributed by atoms with E-state index in [9.17, 15) is 4.79 Å². The largest absolute Gasteiger partial charge is 0.478 e. The number of carboxylic acids is 1. The van der Waals surface area contributed by atoms with E-state index in [0.717, 1.165) is 27.6 Å². The Morgan fingerprint density at radius 3 is 2.60 bits per heavy atom. The Kier molecular flexibility index (Phi) is 3.12. The van der Waals surface area contributed by atoms with Crippen LogP contribution >= 0.6 is 11.3 Å². The molecule has 0 bridgehead atoms. The lowest BCUT2D eigenvalue weighted by Crippen LogP contribution is -1.94. The highest BCUT2D eigenvalue weighted by Crippen LogP contribution is 2.31. The topological polar surface area (TPSA) is 63.3 Å². The van der Waals surface area contributed by atoms with Gasteiger partial charge in [0.1, 0.15) is 0 Å². The van der Waals surface area contributed by atoms with Crippen LogP contribution in [0.5, 0.6) is 0 Å². The van der Waals surface area contributed by atoms with Crippen molar-refractivity contribution >= 4 is 17.3 Å². The molecule has 2 heterocycles. The lowest BCUT2D eigenvalue weighted by Gasteiger charge is -1.98. The summed E-state index contributed by atoms with van der Waals surface area (Å²) in [5.41, 5.74) is 3.03. The minimum Gasteiger partial charge on any atom is -0.478 e. The Morgan fingerprint density at radius 2 is 2.00 bits per heavy atom. The standard InChI is InChI=1S/C15H11NO3S/c1-9-6-7-19-13(9)14-16-12(8-20-14)10-2-4-11(5-3-10)15(17)18/h2-8H,1H3,(H,17,18). The van der Waals surface area contributed by atoms with Crippen LogP contribution in [0.3, 0.4) is 0 Å². The van der Waals surface area contributed by atoms with Crippen molar-refractivity contribution in [3.05, 3.63) is 53.1 Å². The molecule has 0 spiro atoms. The number of hydrogen-bond acceptors (Lipinski definition) is 4. The molecule has 4 nitrogen and oxygen atoms in total. The van der Waals surface area contributed by atoms with E-state index in [0.29, 0.717) is 0 Å². The van der Waals surface area contributed by atoms with Gasteiger partial charge in [0.2, 0.25) is 0 Å². The molecule has 0 saturated heterocycles. The van der Waals surface area contributed by atoms with Crippen molar-refractivity contribution in [2.45, 2.75) is 6.92 Å². The maximum Gasteiger partial charge on any atom is 0.335 e.